The average molecular weight is 478 g/mol. The number of aryl methyl sites for hydroxylation is 1. The largest absolute Gasteiger partial charge is 1.00 e. The SMILES string of the molecule is CCOC(Cc1ccc(OCCn2c(C)ccc2-c2ccc(SC)cc2)cc1)C(=O)[O-].[K+]. The number of carbonyl (C=O) groups is 1. The van der Waals surface area contributed by atoms with Crippen molar-refractivity contribution in [2.24, 2.45) is 0 Å². The quantitative estimate of drug-likeness (QED) is 0.304. The number of benzene rings is 2. The van der Waals surface area contributed by atoms with Crippen LogP contribution in [0.1, 0.15) is 18.2 Å². The fraction of sp³-hybridized carbons (Fsp3) is 0.320. The van der Waals surface area contributed by atoms with Gasteiger partial charge in [-0.05, 0) is 67.6 Å². The van der Waals surface area contributed by atoms with Gasteiger partial charge < -0.3 is 23.9 Å². The predicted octanol–water partition coefficient (Wildman–Crippen LogP) is 0.966. The smallest absolute Gasteiger partial charge is 0.547 e. The Hall–Kier alpha value is -1.06. The van der Waals surface area contributed by atoms with Crippen molar-refractivity contribution in [3.8, 4) is 17.0 Å². The van der Waals surface area contributed by atoms with Gasteiger partial charge in [0.15, 0.2) is 0 Å². The second-order valence-corrected chi connectivity index (χ2v) is 8.08. The number of nitrogens with zero attached hydrogens (tertiary/aromatic N) is 1. The zero-order valence-electron chi connectivity index (χ0n) is 19.2. The molecule has 1 aromatic heterocycles. The van der Waals surface area contributed by atoms with Crippen molar-refractivity contribution in [2.75, 3.05) is 19.5 Å². The van der Waals surface area contributed by atoms with E-state index in [1.807, 2.05) is 24.3 Å². The molecule has 7 heteroatoms. The number of hydrogen-bond donors (Lipinski definition) is 0. The molecule has 1 unspecified atom stereocenters. The molecule has 0 aliphatic heterocycles. The van der Waals surface area contributed by atoms with Crippen molar-refractivity contribution in [3.05, 3.63) is 71.9 Å². The van der Waals surface area contributed by atoms with Gasteiger partial charge in [-0.1, -0.05) is 24.3 Å². The minimum absolute atomic E-state index is 0. The Morgan fingerprint density at radius 3 is 2.34 bits per heavy atom. The fourth-order valence-corrected chi connectivity index (χ4v) is 3.89. The Balaban J connectivity index is 0.00000363. The molecule has 0 N–H and O–H groups in total. The predicted molar refractivity (Wildman–Crippen MR) is 122 cm³/mol. The number of carboxylic acid groups (broad SMARTS) is 1. The van der Waals surface area contributed by atoms with Crippen LogP contribution in [0.4, 0.5) is 0 Å². The molecule has 3 aromatic rings. The third-order valence-electron chi connectivity index (χ3n) is 5.14. The van der Waals surface area contributed by atoms with Crippen LogP contribution in [0.15, 0.2) is 65.6 Å². The number of aliphatic carboxylic acids is 1. The zero-order chi connectivity index (χ0) is 22.2. The molecule has 0 amide bonds. The molecule has 0 saturated heterocycles. The fourth-order valence-electron chi connectivity index (χ4n) is 3.48. The zero-order valence-corrected chi connectivity index (χ0v) is 23.1. The van der Waals surface area contributed by atoms with E-state index >= 15 is 0 Å². The molecule has 0 aliphatic rings. The summed E-state index contributed by atoms with van der Waals surface area (Å²) in [7, 11) is 0. The maximum absolute atomic E-state index is 11.1. The molecule has 164 valence electrons. The topological polar surface area (TPSA) is 63.5 Å². The summed E-state index contributed by atoms with van der Waals surface area (Å²) < 4.78 is 13.4. The Morgan fingerprint density at radius 1 is 1.06 bits per heavy atom. The van der Waals surface area contributed by atoms with Crippen LogP contribution in [0.2, 0.25) is 0 Å². The third kappa shape index (κ3) is 7.48. The number of carboxylic acids is 1. The molecule has 0 spiro atoms. The van der Waals surface area contributed by atoms with E-state index in [1.54, 1.807) is 18.7 Å². The van der Waals surface area contributed by atoms with Crippen LogP contribution < -0.4 is 61.2 Å². The van der Waals surface area contributed by atoms with Gasteiger partial charge in [0, 0.05) is 29.3 Å². The molecule has 0 fully saturated rings. The summed E-state index contributed by atoms with van der Waals surface area (Å²) in [6.07, 6.45) is 1.42. The first kappa shape index (κ1) is 27.2. The first-order chi connectivity index (χ1) is 15.0. The van der Waals surface area contributed by atoms with Gasteiger partial charge in [0.25, 0.3) is 0 Å². The van der Waals surface area contributed by atoms with Crippen molar-refractivity contribution < 1.29 is 70.8 Å². The van der Waals surface area contributed by atoms with E-state index in [9.17, 15) is 9.90 Å². The van der Waals surface area contributed by atoms with Gasteiger partial charge in [0.1, 0.15) is 18.5 Å². The van der Waals surface area contributed by atoms with Crippen molar-refractivity contribution in [2.45, 2.75) is 37.8 Å². The summed E-state index contributed by atoms with van der Waals surface area (Å²) >= 11 is 1.74. The summed E-state index contributed by atoms with van der Waals surface area (Å²) in [4.78, 5) is 12.4. The van der Waals surface area contributed by atoms with Crippen molar-refractivity contribution >= 4 is 17.7 Å². The van der Waals surface area contributed by atoms with E-state index in [0.29, 0.717) is 13.2 Å². The molecule has 0 bridgehead atoms. The number of carbonyl (C=O) groups excluding carboxylic acids is 1. The van der Waals surface area contributed by atoms with E-state index in [4.69, 9.17) is 9.47 Å². The molecule has 1 heterocycles. The maximum atomic E-state index is 11.1. The molecule has 0 aliphatic carbocycles. The molecule has 2 aromatic carbocycles. The second kappa shape index (κ2) is 13.6. The molecular formula is C25H28KNO4S. The molecule has 0 radical (unpaired) electrons. The van der Waals surface area contributed by atoms with Gasteiger partial charge in [0.05, 0.1) is 12.5 Å². The summed E-state index contributed by atoms with van der Waals surface area (Å²) in [5, 5.41) is 11.1. The van der Waals surface area contributed by atoms with Crippen LogP contribution >= 0.6 is 11.8 Å². The van der Waals surface area contributed by atoms with Crippen LogP contribution in [-0.2, 0) is 22.5 Å². The number of hydrogen-bond acceptors (Lipinski definition) is 5. The van der Waals surface area contributed by atoms with E-state index in [-0.39, 0.29) is 57.8 Å². The van der Waals surface area contributed by atoms with Crippen molar-refractivity contribution in [3.63, 3.8) is 0 Å². The van der Waals surface area contributed by atoms with Gasteiger partial charge in [-0.3, -0.25) is 0 Å². The van der Waals surface area contributed by atoms with Crippen LogP contribution in [-0.4, -0.2) is 36.1 Å². The Bertz CT molecular complexity index is 986. The number of aromatic nitrogens is 1. The molecule has 3 rings (SSSR count). The standard InChI is InChI=1S/C25H29NO4S.K/c1-4-29-24(25(27)28)17-19-6-10-21(11-7-19)30-16-15-26-18(2)5-14-23(26)20-8-12-22(31-3)13-9-20;/h5-14,24H,4,15-17H2,1-3H3,(H,27,28);/q;+1/p-1. The monoisotopic (exact) mass is 477 g/mol. The van der Waals surface area contributed by atoms with Gasteiger partial charge in [0.2, 0.25) is 0 Å². The van der Waals surface area contributed by atoms with Gasteiger partial charge in [-0.2, -0.15) is 0 Å². The third-order valence-corrected chi connectivity index (χ3v) is 5.89. The van der Waals surface area contributed by atoms with E-state index in [2.05, 4.69) is 54.1 Å². The van der Waals surface area contributed by atoms with Gasteiger partial charge in [-0.15, -0.1) is 11.8 Å². The van der Waals surface area contributed by atoms with Crippen LogP contribution in [0.5, 0.6) is 5.75 Å². The minimum Gasteiger partial charge on any atom is -0.547 e. The normalized spacial score (nSPS) is 11.6. The van der Waals surface area contributed by atoms with Gasteiger partial charge >= 0.3 is 51.4 Å². The Morgan fingerprint density at radius 2 is 1.75 bits per heavy atom. The molecule has 1 atom stereocenters. The van der Waals surface area contributed by atoms with E-state index in [0.717, 1.165) is 17.9 Å². The Kier molecular flexibility index (Phi) is 11.6. The van der Waals surface area contributed by atoms with E-state index in [1.165, 1.54) is 21.8 Å². The average Bonchev–Trinajstić information content (AvgIpc) is 3.15. The summed E-state index contributed by atoms with van der Waals surface area (Å²) in [6, 6.07) is 20.3. The number of thioether (sulfide) groups is 1. The van der Waals surface area contributed by atoms with Crippen LogP contribution in [0.25, 0.3) is 11.3 Å². The molecular weight excluding hydrogens is 449 g/mol. The van der Waals surface area contributed by atoms with Crippen LogP contribution in [0.3, 0.4) is 0 Å². The first-order valence-corrected chi connectivity index (χ1v) is 11.6. The molecule has 32 heavy (non-hydrogen) atoms. The van der Waals surface area contributed by atoms with E-state index < -0.39 is 12.1 Å². The number of rotatable bonds is 11. The first-order valence-electron chi connectivity index (χ1n) is 10.4. The van der Waals surface area contributed by atoms with Crippen molar-refractivity contribution in [1.29, 1.82) is 0 Å². The summed E-state index contributed by atoms with van der Waals surface area (Å²) in [5.74, 6) is -0.441. The summed E-state index contributed by atoms with van der Waals surface area (Å²) in [5.41, 5.74) is 4.42. The minimum atomic E-state index is -1.19. The van der Waals surface area contributed by atoms with Crippen LogP contribution in [0, 0.1) is 6.92 Å². The van der Waals surface area contributed by atoms with Gasteiger partial charge in [-0.25, -0.2) is 0 Å². The maximum Gasteiger partial charge on any atom is 1.00 e. The second-order valence-electron chi connectivity index (χ2n) is 7.20. The number of ether oxygens (including phenoxy) is 2. The summed E-state index contributed by atoms with van der Waals surface area (Å²) in [6.45, 7) is 5.47. The molecule has 0 saturated carbocycles. The molecule has 5 nitrogen and oxygen atoms in total. The van der Waals surface area contributed by atoms with Crippen molar-refractivity contribution in [1.82, 2.24) is 4.57 Å². The Labute approximate surface area is 236 Å².